The zero-order valence-corrected chi connectivity index (χ0v) is 17.2. The minimum atomic E-state index is -4.50. The quantitative estimate of drug-likeness (QED) is 0.776. The summed E-state index contributed by atoms with van der Waals surface area (Å²) in [5, 5.41) is 3.22. The highest BCUT2D eigenvalue weighted by Gasteiger charge is 2.58. The summed E-state index contributed by atoms with van der Waals surface area (Å²) in [6.45, 7) is 1.13. The lowest BCUT2D eigenvalue weighted by molar-refractivity contribution is -0.136. The van der Waals surface area contributed by atoms with Crippen LogP contribution in [0.4, 0.5) is 18.9 Å². The van der Waals surface area contributed by atoms with E-state index in [-0.39, 0.29) is 40.4 Å². The summed E-state index contributed by atoms with van der Waals surface area (Å²) in [6, 6.07) is 2.93. The van der Waals surface area contributed by atoms with Crippen LogP contribution < -0.4 is 16.0 Å². The molecule has 6 nitrogen and oxygen atoms in total. The first-order valence-electron chi connectivity index (χ1n) is 10.9. The minimum absolute atomic E-state index is 0.0581. The van der Waals surface area contributed by atoms with Gasteiger partial charge in [-0.05, 0) is 50.7 Å². The van der Waals surface area contributed by atoms with E-state index in [0.717, 1.165) is 44.6 Å². The number of carbonyl (C=O) groups is 1. The molecular formula is C22H26F3N5O. The fraction of sp³-hybridized carbons (Fsp3) is 0.591. The zero-order chi connectivity index (χ0) is 21.8. The summed E-state index contributed by atoms with van der Waals surface area (Å²) >= 11 is 0. The van der Waals surface area contributed by atoms with Gasteiger partial charge in [0.1, 0.15) is 11.0 Å². The normalized spacial score (nSPS) is 27.6. The molecule has 1 aliphatic heterocycles. The molecule has 0 bridgehead atoms. The molecule has 1 unspecified atom stereocenters. The number of nitrogens with zero attached hydrogens (tertiary/aromatic N) is 3. The number of fused-ring (bicyclic) bond motifs is 1. The molecule has 1 amide bonds. The fourth-order valence-electron chi connectivity index (χ4n) is 5.27. The number of amides is 1. The van der Waals surface area contributed by atoms with Crippen molar-refractivity contribution < 1.29 is 18.0 Å². The highest BCUT2D eigenvalue weighted by atomic mass is 19.4. The minimum Gasteiger partial charge on any atom is -0.368 e. The summed E-state index contributed by atoms with van der Waals surface area (Å²) in [5.41, 5.74) is 5.78. The molecule has 1 aromatic carbocycles. The maximum absolute atomic E-state index is 13.4. The van der Waals surface area contributed by atoms with E-state index >= 15 is 0 Å². The summed E-state index contributed by atoms with van der Waals surface area (Å²) < 4.78 is 40.3. The largest absolute Gasteiger partial charge is 0.418 e. The summed E-state index contributed by atoms with van der Waals surface area (Å²) in [5.74, 6) is -0.111. The molecule has 166 valence electrons. The van der Waals surface area contributed by atoms with Gasteiger partial charge in [0, 0.05) is 43.0 Å². The van der Waals surface area contributed by atoms with Crippen LogP contribution in [0.25, 0.3) is 11.0 Å². The van der Waals surface area contributed by atoms with Crippen molar-refractivity contribution in [3.05, 3.63) is 30.1 Å². The number of alkyl halides is 3. The van der Waals surface area contributed by atoms with Crippen molar-refractivity contribution in [3.63, 3.8) is 0 Å². The summed E-state index contributed by atoms with van der Waals surface area (Å²) in [4.78, 5) is 23.3. The van der Waals surface area contributed by atoms with Crippen LogP contribution in [0.5, 0.6) is 0 Å². The number of nitrogens with two attached hydrogens (primary N) is 1. The van der Waals surface area contributed by atoms with Crippen LogP contribution >= 0.6 is 0 Å². The molecule has 5 rings (SSSR count). The number of rotatable bonds is 3. The number of hydrogen-bond donors (Lipinski definition) is 2. The van der Waals surface area contributed by atoms with Gasteiger partial charge in [-0.25, -0.2) is 0 Å². The zero-order valence-electron chi connectivity index (χ0n) is 17.2. The van der Waals surface area contributed by atoms with Crippen molar-refractivity contribution in [3.8, 4) is 0 Å². The molecule has 3 aliphatic rings. The Morgan fingerprint density at radius 1 is 1.10 bits per heavy atom. The lowest BCUT2D eigenvalue weighted by atomic mass is 9.89. The Bertz CT molecular complexity index is 998. The van der Waals surface area contributed by atoms with E-state index < -0.39 is 11.7 Å². The van der Waals surface area contributed by atoms with Crippen LogP contribution in [0.15, 0.2) is 24.5 Å². The average molecular weight is 433 g/mol. The molecule has 2 saturated carbocycles. The lowest BCUT2D eigenvalue weighted by Gasteiger charge is -2.28. The van der Waals surface area contributed by atoms with Gasteiger partial charge < -0.3 is 16.0 Å². The molecule has 3 fully saturated rings. The van der Waals surface area contributed by atoms with Crippen molar-refractivity contribution >= 4 is 22.6 Å². The van der Waals surface area contributed by atoms with Gasteiger partial charge in [0.25, 0.3) is 0 Å². The first kappa shape index (κ1) is 20.5. The number of hydrogen-bond acceptors (Lipinski definition) is 5. The van der Waals surface area contributed by atoms with Crippen LogP contribution in [0.2, 0.25) is 0 Å². The van der Waals surface area contributed by atoms with E-state index in [1.54, 1.807) is 0 Å². The van der Waals surface area contributed by atoms with Crippen LogP contribution in [-0.4, -0.2) is 41.0 Å². The average Bonchev–Trinajstić information content (AvgIpc) is 3.40. The molecule has 9 heteroatoms. The van der Waals surface area contributed by atoms with E-state index in [4.69, 9.17) is 5.73 Å². The van der Waals surface area contributed by atoms with Crippen LogP contribution in [0, 0.1) is 11.3 Å². The predicted molar refractivity (Wildman–Crippen MR) is 110 cm³/mol. The van der Waals surface area contributed by atoms with Crippen molar-refractivity contribution in [1.29, 1.82) is 0 Å². The Kier molecular flexibility index (Phi) is 4.84. The van der Waals surface area contributed by atoms with Gasteiger partial charge in [0.15, 0.2) is 0 Å². The molecule has 1 saturated heterocycles. The van der Waals surface area contributed by atoms with Crippen molar-refractivity contribution in [2.75, 3.05) is 18.0 Å². The Hall–Kier alpha value is -2.42. The number of benzene rings is 1. The SMILES string of the molecule is N[C@H]1CC[C@@H](NC(=O)C2CN(c3ccc(C(F)(F)F)c4nccnc34)CC23CC3)CC1. The van der Waals surface area contributed by atoms with E-state index in [2.05, 4.69) is 15.3 Å². The van der Waals surface area contributed by atoms with Crippen molar-refractivity contribution in [1.82, 2.24) is 15.3 Å². The molecule has 3 N–H and O–H groups in total. The molecule has 31 heavy (non-hydrogen) atoms. The molecule has 2 heterocycles. The molecular weight excluding hydrogens is 407 g/mol. The number of aromatic nitrogens is 2. The number of anilines is 1. The number of nitrogens with one attached hydrogen (secondary N) is 1. The first-order valence-corrected chi connectivity index (χ1v) is 10.9. The predicted octanol–water partition coefficient (Wildman–Crippen LogP) is 3.25. The van der Waals surface area contributed by atoms with Crippen LogP contribution in [0.1, 0.15) is 44.1 Å². The van der Waals surface area contributed by atoms with Crippen LogP contribution in [-0.2, 0) is 11.0 Å². The van der Waals surface area contributed by atoms with Gasteiger partial charge in [-0.2, -0.15) is 13.2 Å². The third-order valence-electron chi connectivity index (χ3n) is 7.22. The fourth-order valence-corrected chi connectivity index (χ4v) is 5.27. The Labute approximate surface area is 178 Å². The van der Waals surface area contributed by atoms with Crippen LogP contribution in [0.3, 0.4) is 0 Å². The lowest BCUT2D eigenvalue weighted by Crippen LogP contribution is -2.44. The van der Waals surface area contributed by atoms with E-state index in [1.807, 2.05) is 4.90 Å². The monoisotopic (exact) mass is 433 g/mol. The third-order valence-corrected chi connectivity index (χ3v) is 7.22. The second-order valence-electron chi connectivity index (χ2n) is 9.30. The molecule has 1 spiro atoms. The van der Waals surface area contributed by atoms with Gasteiger partial charge in [-0.15, -0.1) is 0 Å². The highest BCUT2D eigenvalue weighted by Crippen LogP contribution is 2.57. The van der Waals surface area contributed by atoms with Gasteiger partial charge in [-0.1, -0.05) is 0 Å². The maximum Gasteiger partial charge on any atom is 0.418 e. The van der Waals surface area contributed by atoms with E-state index in [0.29, 0.717) is 18.8 Å². The first-order chi connectivity index (χ1) is 14.8. The molecule has 2 aromatic rings. The van der Waals surface area contributed by atoms with Crippen molar-refractivity contribution in [2.45, 2.75) is 56.8 Å². The molecule has 1 atom stereocenters. The van der Waals surface area contributed by atoms with Gasteiger partial charge >= 0.3 is 6.18 Å². The Morgan fingerprint density at radius 2 is 1.77 bits per heavy atom. The molecule has 2 aliphatic carbocycles. The van der Waals surface area contributed by atoms with Gasteiger partial charge in [0.05, 0.1) is 17.2 Å². The summed E-state index contributed by atoms with van der Waals surface area (Å²) in [7, 11) is 0. The molecule has 1 aromatic heterocycles. The second-order valence-corrected chi connectivity index (χ2v) is 9.30. The van der Waals surface area contributed by atoms with E-state index in [1.165, 1.54) is 18.5 Å². The number of carbonyl (C=O) groups excluding carboxylic acids is 1. The van der Waals surface area contributed by atoms with Gasteiger partial charge in [0.2, 0.25) is 5.91 Å². The standard InChI is InChI=1S/C22H26F3N5O/c23-22(24,25)15-5-6-17(19-18(15)27-9-10-28-19)30-11-16(21(12-30)7-8-21)20(31)29-14-3-1-13(26)2-4-14/h5-6,9-10,13-14,16H,1-4,7-8,11-12,26H2,(H,29,31)/t13-,14+,16?. The molecule has 0 radical (unpaired) electrons. The van der Waals surface area contributed by atoms with Gasteiger partial charge in [-0.3, -0.25) is 14.8 Å². The topological polar surface area (TPSA) is 84.1 Å². The van der Waals surface area contributed by atoms with Crippen molar-refractivity contribution in [2.24, 2.45) is 17.1 Å². The highest BCUT2D eigenvalue weighted by molar-refractivity contribution is 5.92. The Morgan fingerprint density at radius 3 is 2.42 bits per heavy atom. The third kappa shape index (κ3) is 3.73. The Balaban J connectivity index is 1.39. The second kappa shape index (κ2) is 7.32. The maximum atomic E-state index is 13.4. The number of halogens is 3. The van der Waals surface area contributed by atoms with E-state index in [9.17, 15) is 18.0 Å². The smallest absolute Gasteiger partial charge is 0.368 e. The summed E-state index contributed by atoms with van der Waals surface area (Å²) in [6.07, 6.45) is 3.74.